The lowest BCUT2D eigenvalue weighted by Gasteiger charge is -2.34. The Labute approximate surface area is 72.9 Å². The molecule has 0 aromatic heterocycles. The second kappa shape index (κ2) is 2.20. The first-order valence-electron chi connectivity index (χ1n) is 4.60. The van der Waals surface area contributed by atoms with Crippen LogP contribution in [0.25, 0.3) is 0 Å². The van der Waals surface area contributed by atoms with E-state index in [1.807, 2.05) is 0 Å². The molecule has 0 unspecified atom stereocenters. The first-order valence-corrected chi connectivity index (χ1v) is 4.60. The summed E-state index contributed by atoms with van der Waals surface area (Å²) in [4.78, 5) is 2.19. The first kappa shape index (κ1) is 8.45. The van der Waals surface area contributed by atoms with E-state index in [1.54, 1.807) is 13.8 Å². The molecule has 3 fully saturated rings. The van der Waals surface area contributed by atoms with Crippen LogP contribution in [0, 0.1) is 0 Å². The van der Waals surface area contributed by atoms with Crippen molar-refractivity contribution in [2.24, 2.45) is 5.73 Å². The van der Waals surface area contributed by atoms with Crippen LogP contribution in [-0.2, 0) is 0 Å². The van der Waals surface area contributed by atoms with E-state index in [2.05, 4.69) is 4.90 Å². The van der Waals surface area contributed by atoms with Crippen LogP contribution in [0.2, 0.25) is 0 Å². The minimum Gasteiger partial charge on any atom is -0.324 e. The second-order valence-electron chi connectivity index (χ2n) is 5.05. The Morgan fingerprint density at radius 2 is 2.17 bits per heavy atom. The third-order valence-electron chi connectivity index (χ3n) is 2.90. The Balaban J connectivity index is 1.93. The molecule has 0 aromatic rings. The summed E-state index contributed by atoms with van der Waals surface area (Å²) >= 11 is 0. The van der Waals surface area contributed by atoms with E-state index in [1.165, 1.54) is 0 Å². The van der Waals surface area contributed by atoms with E-state index in [-0.39, 0.29) is 5.54 Å². The SMILES string of the molecule is CC(C)(F)CN1CC2(N)CC1C2. The van der Waals surface area contributed by atoms with Gasteiger partial charge in [0.05, 0.1) is 0 Å². The third kappa shape index (κ3) is 1.36. The van der Waals surface area contributed by atoms with Crippen molar-refractivity contribution in [1.82, 2.24) is 4.90 Å². The fourth-order valence-electron chi connectivity index (χ4n) is 2.47. The maximum absolute atomic E-state index is 13.3. The highest BCUT2D eigenvalue weighted by molar-refractivity contribution is 5.12. The van der Waals surface area contributed by atoms with Gasteiger partial charge in [-0.05, 0) is 26.7 Å². The normalized spacial score (nSPS) is 41.5. The standard InChI is InChI=1S/C9H17FN2/c1-8(2,10)5-12-6-9(11)3-7(12)4-9/h7H,3-6,11H2,1-2H3. The van der Waals surface area contributed by atoms with E-state index in [0.29, 0.717) is 12.6 Å². The third-order valence-corrected chi connectivity index (χ3v) is 2.90. The van der Waals surface area contributed by atoms with E-state index < -0.39 is 5.67 Å². The van der Waals surface area contributed by atoms with Gasteiger partial charge >= 0.3 is 0 Å². The Morgan fingerprint density at radius 1 is 1.58 bits per heavy atom. The molecule has 2 bridgehead atoms. The van der Waals surface area contributed by atoms with Gasteiger partial charge in [0.15, 0.2) is 0 Å². The summed E-state index contributed by atoms with van der Waals surface area (Å²) in [6, 6.07) is 0.574. The van der Waals surface area contributed by atoms with Gasteiger partial charge in [-0.1, -0.05) is 0 Å². The Morgan fingerprint density at radius 3 is 2.50 bits per heavy atom. The maximum atomic E-state index is 13.3. The molecule has 0 spiro atoms. The molecule has 0 amide bonds. The number of halogens is 1. The molecule has 70 valence electrons. The average molecular weight is 172 g/mol. The largest absolute Gasteiger partial charge is 0.324 e. The van der Waals surface area contributed by atoms with Gasteiger partial charge in [-0.3, -0.25) is 4.90 Å². The number of nitrogens with zero attached hydrogens (tertiary/aromatic N) is 1. The average Bonchev–Trinajstić information content (AvgIpc) is 2.13. The van der Waals surface area contributed by atoms with E-state index in [4.69, 9.17) is 5.73 Å². The summed E-state index contributed by atoms with van der Waals surface area (Å²) in [6.45, 7) is 4.69. The smallest absolute Gasteiger partial charge is 0.118 e. The lowest BCUT2D eigenvalue weighted by Crippen LogP contribution is -2.48. The fraction of sp³-hybridized carbons (Fsp3) is 1.00. The Hall–Kier alpha value is -0.150. The highest BCUT2D eigenvalue weighted by Gasteiger charge is 2.53. The molecule has 2 nitrogen and oxygen atoms in total. The number of hydrogen-bond donors (Lipinski definition) is 1. The highest BCUT2D eigenvalue weighted by Crippen LogP contribution is 2.43. The van der Waals surface area contributed by atoms with Crippen molar-refractivity contribution in [2.75, 3.05) is 13.1 Å². The predicted molar refractivity (Wildman–Crippen MR) is 46.7 cm³/mol. The summed E-state index contributed by atoms with van der Waals surface area (Å²) in [5.41, 5.74) is 4.95. The molecule has 2 saturated heterocycles. The monoisotopic (exact) mass is 172 g/mol. The van der Waals surface area contributed by atoms with Crippen LogP contribution in [0.3, 0.4) is 0 Å². The second-order valence-corrected chi connectivity index (χ2v) is 5.05. The molecule has 1 saturated carbocycles. The summed E-state index contributed by atoms with van der Waals surface area (Å²) in [7, 11) is 0. The Bertz CT molecular complexity index is 191. The molecule has 12 heavy (non-hydrogen) atoms. The van der Waals surface area contributed by atoms with E-state index >= 15 is 0 Å². The minimum atomic E-state index is -1.08. The number of rotatable bonds is 2. The molecular weight excluding hydrogens is 155 g/mol. The van der Waals surface area contributed by atoms with Gasteiger partial charge in [-0.2, -0.15) is 0 Å². The number of fused-ring (bicyclic) bond motifs is 1. The van der Waals surface area contributed by atoms with Gasteiger partial charge in [0.2, 0.25) is 0 Å². The van der Waals surface area contributed by atoms with Crippen LogP contribution in [0.5, 0.6) is 0 Å². The zero-order chi connectivity index (χ0) is 8.98. The lowest BCUT2D eigenvalue weighted by molar-refractivity contribution is 0.121. The molecule has 0 aromatic carbocycles. The number of hydrogen-bond acceptors (Lipinski definition) is 2. The van der Waals surface area contributed by atoms with Crippen molar-refractivity contribution in [3.63, 3.8) is 0 Å². The molecule has 3 heteroatoms. The van der Waals surface area contributed by atoms with Crippen LogP contribution in [-0.4, -0.2) is 35.2 Å². The zero-order valence-corrected chi connectivity index (χ0v) is 7.81. The van der Waals surface area contributed by atoms with Gasteiger partial charge in [0.25, 0.3) is 0 Å². The van der Waals surface area contributed by atoms with Crippen molar-refractivity contribution >= 4 is 0 Å². The van der Waals surface area contributed by atoms with E-state index in [0.717, 1.165) is 19.4 Å². The molecule has 2 heterocycles. The van der Waals surface area contributed by atoms with Crippen molar-refractivity contribution in [3.8, 4) is 0 Å². The van der Waals surface area contributed by atoms with Crippen LogP contribution in [0.4, 0.5) is 4.39 Å². The first-order chi connectivity index (χ1) is 5.38. The van der Waals surface area contributed by atoms with Gasteiger partial charge in [-0.25, -0.2) is 4.39 Å². The number of alkyl halides is 1. The van der Waals surface area contributed by atoms with Crippen LogP contribution in [0.15, 0.2) is 0 Å². The van der Waals surface area contributed by atoms with Crippen LogP contribution < -0.4 is 5.73 Å². The van der Waals surface area contributed by atoms with Crippen LogP contribution in [0.1, 0.15) is 26.7 Å². The lowest BCUT2D eigenvalue weighted by atomic mass is 9.79. The molecule has 1 aliphatic carbocycles. The Kier molecular flexibility index (Phi) is 1.55. The van der Waals surface area contributed by atoms with Crippen molar-refractivity contribution in [3.05, 3.63) is 0 Å². The summed E-state index contributed by atoms with van der Waals surface area (Å²) in [6.07, 6.45) is 2.14. The summed E-state index contributed by atoms with van der Waals surface area (Å²) in [5, 5.41) is 0. The number of nitrogens with two attached hydrogens (primary N) is 1. The summed E-state index contributed by atoms with van der Waals surface area (Å²) < 4.78 is 13.3. The maximum Gasteiger partial charge on any atom is 0.118 e. The highest BCUT2D eigenvalue weighted by atomic mass is 19.1. The van der Waals surface area contributed by atoms with E-state index in [9.17, 15) is 4.39 Å². The van der Waals surface area contributed by atoms with Gasteiger partial charge in [0, 0.05) is 24.7 Å². The molecule has 2 N–H and O–H groups in total. The van der Waals surface area contributed by atoms with Crippen molar-refractivity contribution in [2.45, 2.75) is 43.9 Å². The molecular formula is C9H17FN2. The quantitative estimate of drug-likeness (QED) is 0.671. The van der Waals surface area contributed by atoms with Gasteiger partial charge in [0.1, 0.15) is 5.67 Å². The zero-order valence-electron chi connectivity index (χ0n) is 7.81. The molecule has 2 aliphatic heterocycles. The molecule has 3 aliphatic rings. The molecule has 0 radical (unpaired) electrons. The van der Waals surface area contributed by atoms with Crippen molar-refractivity contribution in [1.29, 1.82) is 0 Å². The molecule has 3 rings (SSSR count). The van der Waals surface area contributed by atoms with Gasteiger partial charge in [-0.15, -0.1) is 0 Å². The topological polar surface area (TPSA) is 29.3 Å². The summed E-state index contributed by atoms with van der Waals surface area (Å²) in [5.74, 6) is 0. The fourth-order valence-corrected chi connectivity index (χ4v) is 2.47. The predicted octanol–water partition coefficient (Wildman–Crippen LogP) is 0.910. The molecule has 0 atom stereocenters. The van der Waals surface area contributed by atoms with Gasteiger partial charge < -0.3 is 5.73 Å². The minimum absolute atomic E-state index is 0.0376. The van der Waals surface area contributed by atoms with Crippen LogP contribution >= 0.6 is 0 Å². The van der Waals surface area contributed by atoms with Crippen molar-refractivity contribution < 1.29 is 4.39 Å².